The topological polar surface area (TPSA) is 84.5 Å². The van der Waals surface area contributed by atoms with Gasteiger partial charge >= 0.3 is 12.0 Å². The van der Waals surface area contributed by atoms with Crippen molar-refractivity contribution in [1.29, 1.82) is 0 Å². The van der Waals surface area contributed by atoms with E-state index in [-0.39, 0.29) is 36.9 Å². The summed E-state index contributed by atoms with van der Waals surface area (Å²) in [4.78, 5) is 36.2. The number of carbonyl (C=O) groups is 3. The number of hydrogen-bond acceptors (Lipinski definition) is 4. The SMILES string of the molecule is O=C(NCCC(=O)OCC(=O)c1cccc(Cl)c1)NC12CC3CC(CC(C3)C1)C2. The first-order valence-electron chi connectivity index (χ1n) is 10.4. The minimum Gasteiger partial charge on any atom is -0.457 e. The quantitative estimate of drug-likeness (QED) is 0.522. The molecular formula is C22H27ClN2O4. The molecule has 1 aromatic carbocycles. The third-order valence-corrected chi connectivity index (χ3v) is 6.78. The molecule has 4 aliphatic carbocycles. The van der Waals surface area contributed by atoms with Gasteiger partial charge in [-0.15, -0.1) is 0 Å². The lowest BCUT2D eigenvalue weighted by Gasteiger charge is -2.56. The van der Waals surface area contributed by atoms with Gasteiger partial charge in [0.1, 0.15) is 0 Å². The zero-order valence-corrected chi connectivity index (χ0v) is 17.2. The second-order valence-electron chi connectivity index (χ2n) is 8.92. The summed E-state index contributed by atoms with van der Waals surface area (Å²) in [7, 11) is 0. The number of esters is 1. The number of urea groups is 1. The minimum atomic E-state index is -0.518. The van der Waals surface area contributed by atoms with Crippen LogP contribution in [-0.2, 0) is 9.53 Å². The molecule has 6 nitrogen and oxygen atoms in total. The van der Waals surface area contributed by atoms with Crippen molar-refractivity contribution in [2.45, 2.75) is 50.5 Å². The zero-order chi connectivity index (χ0) is 20.4. The molecule has 0 radical (unpaired) electrons. The number of halogens is 1. The number of benzene rings is 1. The highest BCUT2D eigenvalue weighted by Crippen LogP contribution is 2.55. The number of ketones is 1. The van der Waals surface area contributed by atoms with E-state index in [1.54, 1.807) is 18.2 Å². The van der Waals surface area contributed by atoms with Gasteiger partial charge in [0, 0.05) is 22.7 Å². The summed E-state index contributed by atoms with van der Waals surface area (Å²) in [5.74, 6) is 1.44. The number of hydrogen-bond donors (Lipinski definition) is 2. The fourth-order valence-corrected chi connectivity index (χ4v) is 5.98. The molecule has 4 saturated carbocycles. The first-order chi connectivity index (χ1) is 13.9. The normalized spacial score (nSPS) is 29.3. The summed E-state index contributed by atoms with van der Waals surface area (Å²) in [6.45, 7) is -0.152. The Bertz CT molecular complexity index is 774. The molecule has 0 aromatic heterocycles. The molecule has 0 spiro atoms. The maximum absolute atomic E-state index is 12.4. The largest absolute Gasteiger partial charge is 0.457 e. The lowest BCUT2D eigenvalue weighted by molar-refractivity contribution is -0.142. The molecule has 4 fully saturated rings. The van der Waals surface area contributed by atoms with E-state index >= 15 is 0 Å². The molecule has 4 aliphatic rings. The maximum atomic E-state index is 12.4. The second kappa shape index (κ2) is 8.34. The standard InChI is InChI=1S/C22H27ClN2O4/c23-18-3-1-2-17(9-18)19(26)13-29-20(27)4-5-24-21(28)25-22-10-14-6-15(11-22)8-16(7-14)12-22/h1-3,9,14-16H,4-8,10-13H2,(H2,24,25,28). The molecule has 0 atom stereocenters. The van der Waals surface area contributed by atoms with Crippen LogP contribution in [0.3, 0.4) is 0 Å². The van der Waals surface area contributed by atoms with Gasteiger partial charge in [0.2, 0.25) is 0 Å². The predicted octanol–water partition coefficient (Wildman–Crippen LogP) is 3.72. The molecule has 5 rings (SSSR count). The summed E-state index contributed by atoms with van der Waals surface area (Å²) in [6, 6.07) is 6.29. The van der Waals surface area contributed by atoms with Gasteiger partial charge in [-0.25, -0.2) is 4.79 Å². The predicted molar refractivity (Wildman–Crippen MR) is 109 cm³/mol. The van der Waals surface area contributed by atoms with Crippen molar-refractivity contribution in [3.05, 3.63) is 34.9 Å². The third kappa shape index (κ3) is 4.92. The van der Waals surface area contributed by atoms with Gasteiger partial charge in [-0.05, 0) is 68.4 Å². The second-order valence-corrected chi connectivity index (χ2v) is 9.36. The van der Waals surface area contributed by atoms with E-state index in [4.69, 9.17) is 16.3 Å². The van der Waals surface area contributed by atoms with Crippen LogP contribution in [-0.4, -0.2) is 36.5 Å². The Balaban J connectivity index is 1.16. The van der Waals surface area contributed by atoms with Crippen molar-refractivity contribution >= 4 is 29.4 Å². The van der Waals surface area contributed by atoms with Gasteiger partial charge in [0.05, 0.1) is 6.42 Å². The summed E-state index contributed by atoms with van der Waals surface area (Å²) < 4.78 is 5.01. The van der Waals surface area contributed by atoms with Crippen LogP contribution in [0.2, 0.25) is 5.02 Å². The highest BCUT2D eigenvalue weighted by Gasteiger charge is 2.51. The number of rotatable bonds is 7. The number of carbonyl (C=O) groups excluding carboxylic acids is 3. The highest BCUT2D eigenvalue weighted by molar-refractivity contribution is 6.31. The Morgan fingerprint density at radius 3 is 2.34 bits per heavy atom. The van der Waals surface area contributed by atoms with Crippen LogP contribution in [0.5, 0.6) is 0 Å². The monoisotopic (exact) mass is 418 g/mol. The number of nitrogens with one attached hydrogen (secondary N) is 2. The van der Waals surface area contributed by atoms with Gasteiger partial charge in [-0.1, -0.05) is 23.7 Å². The van der Waals surface area contributed by atoms with E-state index in [1.807, 2.05) is 0 Å². The zero-order valence-electron chi connectivity index (χ0n) is 16.4. The average Bonchev–Trinajstić information content (AvgIpc) is 2.64. The van der Waals surface area contributed by atoms with E-state index < -0.39 is 5.97 Å². The molecule has 0 saturated heterocycles. The van der Waals surface area contributed by atoms with Crippen molar-refractivity contribution in [2.75, 3.05) is 13.2 Å². The maximum Gasteiger partial charge on any atom is 0.315 e. The highest BCUT2D eigenvalue weighted by atomic mass is 35.5. The average molecular weight is 419 g/mol. The van der Waals surface area contributed by atoms with E-state index in [9.17, 15) is 14.4 Å². The Hall–Kier alpha value is -2.08. The Morgan fingerprint density at radius 1 is 1.07 bits per heavy atom. The van der Waals surface area contributed by atoms with E-state index in [2.05, 4.69) is 10.6 Å². The minimum absolute atomic E-state index is 0.0249. The van der Waals surface area contributed by atoms with Crippen molar-refractivity contribution in [1.82, 2.24) is 10.6 Å². The summed E-state index contributed by atoms with van der Waals surface area (Å²) in [5, 5.41) is 6.42. The van der Waals surface area contributed by atoms with Crippen molar-refractivity contribution in [3.63, 3.8) is 0 Å². The molecule has 0 heterocycles. The van der Waals surface area contributed by atoms with Crippen LogP contribution in [0.15, 0.2) is 24.3 Å². The van der Waals surface area contributed by atoms with Crippen LogP contribution in [0.25, 0.3) is 0 Å². The van der Waals surface area contributed by atoms with Crippen LogP contribution in [0.4, 0.5) is 4.79 Å². The van der Waals surface area contributed by atoms with E-state index in [0.29, 0.717) is 10.6 Å². The first-order valence-corrected chi connectivity index (χ1v) is 10.8. The van der Waals surface area contributed by atoms with Crippen molar-refractivity contribution < 1.29 is 19.1 Å². The van der Waals surface area contributed by atoms with Gasteiger partial charge in [0.15, 0.2) is 12.4 Å². The lowest BCUT2D eigenvalue weighted by Crippen LogP contribution is -2.61. The fraction of sp³-hybridized carbons (Fsp3) is 0.591. The molecule has 2 N–H and O–H groups in total. The lowest BCUT2D eigenvalue weighted by atomic mass is 9.53. The molecule has 4 bridgehead atoms. The molecule has 0 unspecified atom stereocenters. The van der Waals surface area contributed by atoms with Crippen LogP contribution >= 0.6 is 11.6 Å². The number of amides is 2. The first kappa shape index (κ1) is 20.2. The Morgan fingerprint density at radius 2 is 1.72 bits per heavy atom. The molecular weight excluding hydrogens is 392 g/mol. The summed E-state index contributed by atoms with van der Waals surface area (Å²) >= 11 is 5.86. The smallest absolute Gasteiger partial charge is 0.315 e. The van der Waals surface area contributed by atoms with Gasteiger partial charge in [-0.3, -0.25) is 9.59 Å². The van der Waals surface area contributed by atoms with Crippen LogP contribution < -0.4 is 10.6 Å². The van der Waals surface area contributed by atoms with Gasteiger partial charge < -0.3 is 15.4 Å². The molecule has 29 heavy (non-hydrogen) atoms. The van der Waals surface area contributed by atoms with Gasteiger partial charge in [-0.2, -0.15) is 0 Å². The molecule has 0 aliphatic heterocycles. The van der Waals surface area contributed by atoms with Crippen molar-refractivity contribution in [3.8, 4) is 0 Å². The third-order valence-electron chi connectivity index (χ3n) is 6.54. The van der Waals surface area contributed by atoms with E-state index in [1.165, 1.54) is 25.3 Å². The van der Waals surface area contributed by atoms with Crippen LogP contribution in [0.1, 0.15) is 55.3 Å². The summed E-state index contributed by atoms with van der Waals surface area (Å²) in [6.07, 6.45) is 7.24. The fourth-order valence-electron chi connectivity index (χ4n) is 5.79. The molecule has 2 amide bonds. The van der Waals surface area contributed by atoms with Crippen molar-refractivity contribution in [2.24, 2.45) is 17.8 Å². The Labute approximate surface area is 175 Å². The number of Topliss-reactive ketones (excluding diaryl/α,β-unsaturated/α-hetero) is 1. The number of ether oxygens (including phenoxy) is 1. The molecule has 156 valence electrons. The van der Waals surface area contributed by atoms with Gasteiger partial charge in [0.25, 0.3) is 0 Å². The van der Waals surface area contributed by atoms with Crippen LogP contribution in [0, 0.1) is 17.8 Å². The molecule has 1 aromatic rings. The summed E-state index contributed by atoms with van der Waals surface area (Å²) in [5.41, 5.74) is 0.348. The molecule has 7 heteroatoms. The van der Waals surface area contributed by atoms with E-state index in [0.717, 1.165) is 37.0 Å². The Kier molecular flexibility index (Phi) is 5.81.